The summed E-state index contributed by atoms with van der Waals surface area (Å²) in [5, 5.41) is 10.2. The average Bonchev–Trinajstić information content (AvgIpc) is 2.29. The standard InChI is InChI=1S/C14H18O/c1-11-6-5-9-13(10-11)14(15)12-7-3-2-4-8-12/h5-7,9-10,14-15H,2-4,8H2,1H3. The zero-order chi connectivity index (χ0) is 10.7. The van der Waals surface area contributed by atoms with Gasteiger partial charge in [-0.05, 0) is 43.7 Å². The van der Waals surface area contributed by atoms with Crippen LogP contribution in [0.15, 0.2) is 35.9 Å². The second-order valence-corrected chi connectivity index (χ2v) is 4.34. The Morgan fingerprint density at radius 2 is 2.13 bits per heavy atom. The van der Waals surface area contributed by atoms with E-state index in [2.05, 4.69) is 25.1 Å². The van der Waals surface area contributed by atoms with Crippen molar-refractivity contribution >= 4 is 0 Å². The maximum absolute atomic E-state index is 10.2. The van der Waals surface area contributed by atoms with Gasteiger partial charge in [-0.2, -0.15) is 0 Å². The number of allylic oxidation sites excluding steroid dienone is 1. The van der Waals surface area contributed by atoms with Crippen molar-refractivity contribution in [3.05, 3.63) is 47.0 Å². The molecular weight excluding hydrogens is 184 g/mol. The van der Waals surface area contributed by atoms with E-state index in [1.165, 1.54) is 24.0 Å². The first-order valence-corrected chi connectivity index (χ1v) is 5.71. The largest absolute Gasteiger partial charge is 0.384 e. The molecule has 0 heterocycles. The van der Waals surface area contributed by atoms with E-state index in [-0.39, 0.29) is 6.10 Å². The Labute approximate surface area is 91.4 Å². The van der Waals surface area contributed by atoms with Gasteiger partial charge >= 0.3 is 0 Å². The Kier molecular flexibility index (Phi) is 3.22. The highest BCUT2D eigenvalue weighted by Gasteiger charge is 2.14. The Hall–Kier alpha value is -1.08. The predicted octanol–water partition coefficient (Wildman–Crippen LogP) is 3.53. The van der Waals surface area contributed by atoms with Gasteiger partial charge in [-0.3, -0.25) is 0 Å². The zero-order valence-corrected chi connectivity index (χ0v) is 9.24. The predicted molar refractivity (Wildman–Crippen MR) is 62.7 cm³/mol. The lowest BCUT2D eigenvalue weighted by Crippen LogP contribution is -2.04. The number of aryl methyl sites for hydroxylation is 1. The summed E-state index contributed by atoms with van der Waals surface area (Å²) in [5.74, 6) is 0. The molecule has 1 aromatic carbocycles. The third kappa shape index (κ3) is 2.48. The molecule has 1 nitrogen and oxygen atoms in total. The quantitative estimate of drug-likeness (QED) is 0.727. The molecule has 15 heavy (non-hydrogen) atoms. The first-order valence-electron chi connectivity index (χ1n) is 5.71. The van der Waals surface area contributed by atoms with Gasteiger partial charge in [0, 0.05) is 0 Å². The number of aliphatic hydroxyl groups is 1. The lowest BCUT2D eigenvalue weighted by Gasteiger charge is -2.19. The van der Waals surface area contributed by atoms with Crippen molar-refractivity contribution in [3.8, 4) is 0 Å². The molecule has 0 saturated heterocycles. The van der Waals surface area contributed by atoms with E-state index >= 15 is 0 Å². The molecule has 1 atom stereocenters. The third-order valence-corrected chi connectivity index (χ3v) is 3.04. The average molecular weight is 202 g/mol. The van der Waals surface area contributed by atoms with E-state index in [9.17, 15) is 5.11 Å². The minimum Gasteiger partial charge on any atom is -0.384 e. The number of rotatable bonds is 2. The van der Waals surface area contributed by atoms with Crippen LogP contribution < -0.4 is 0 Å². The summed E-state index contributed by atoms with van der Waals surface area (Å²) in [6, 6.07) is 8.15. The number of hydrogen-bond acceptors (Lipinski definition) is 1. The van der Waals surface area contributed by atoms with Crippen LogP contribution in [0.4, 0.5) is 0 Å². The summed E-state index contributed by atoms with van der Waals surface area (Å²) < 4.78 is 0. The van der Waals surface area contributed by atoms with Crippen LogP contribution in [0.2, 0.25) is 0 Å². The molecule has 2 rings (SSSR count). The number of hydrogen-bond donors (Lipinski definition) is 1. The molecule has 0 aliphatic heterocycles. The van der Waals surface area contributed by atoms with Crippen molar-refractivity contribution in [2.75, 3.05) is 0 Å². The maximum atomic E-state index is 10.2. The summed E-state index contributed by atoms with van der Waals surface area (Å²) in [6.45, 7) is 2.06. The summed E-state index contributed by atoms with van der Waals surface area (Å²) >= 11 is 0. The zero-order valence-electron chi connectivity index (χ0n) is 9.24. The van der Waals surface area contributed by atoms with Gasteiger partial charge in [0.15, 0.2) is 0 Å². The molecule has 0 spiro atoms. The van der Waals surface area contributed by atoms with Crippen LogP contribution in [0.1, 0.15) is 42.9 Å². The van der Waals surface area contributed by atoms with Gasteiger partial charge in [-0.25, -0.2) is 0 Å². The molecule has 0 radical (unpaired) electrons. The Bertz CT molecular complexity index is 365. The molecule has 0 aromatic heterocycles. The fourth-order valence-corrected chi connectivity index (χ4v) is 2.17. The monoisotopic (exact) mass is 202 g/mol. The lowest BCUT2D eigenvalue weighted by atomic mass is 9.91. The molecule has 1 aliphatic rings. The van der Waals surface area contributed by atoms with E-state index in [1.54, 1.807) is 0 Å². The van der Waals surface area contributed by atoms with Gasteiger partial charge in [-0.15, -0.1) is 0 Å². The van der Waals surface area contributed by atoms with Gasteiger partial charge in [0.2, 0.25) is 0 Å². The SMILES string of the molecule is Cc1cccc(C(O)C2=CCCCC2)c1. The molecule has 1 N–H and O–H groups in total. The molecule has 1 heteroatoms. The van der Waals surface area contributed by atoms with Crippen LogP contribution in [0.3, 0.4) is 0 Å². The normalized spacial score (nSPS) is 18.4. The van der Waals surface area contributed by atoms with Crippen LogP contribution in [0, 0.1) is 6.92 Å². The highest BCUT2D eigenvalue weighted by atomic mass is 16.3. The van der Waals surface area contributed by atoms with Gasteiger partial charge in [0.25, 0.3) is 0 Å². The van der Waals surface area contributed by atoms with Gasteiger partial charge in [0.1, 0.15) is 6.10 Å². The Morgan fingerprint density at radius 1 is 1.27 bits per heavy atom. The second-order valence-electron chi connectivity index (χ2n) is 4.34. The summed E-state index contributed by atoms with van der Waals surface area (Å²) in [4.78, 5) is 0. The molecule has 0 bridgehead atoms. The van der Waals surface area contributed by atoms with E-state index in [4.69, 9.17) is 0 Å². The highest BCUT2D eigenvalue weighted by Crippen LogP contribution is 2.29. The van der Waals surface area contributed by atoms with E-state index in [0.717, 1.165) is 18.4 Å². The summed E-state index contributed by atoms with van der Waals surface area (Å²) in [7, 11) is 0. The van der Waals surface area contributed by atoms with Crippen molar-refractivity contribution < 1.29 is 5.11 Å². The molecule has 0 amide bonds. The van der Waals surface area contributed by atoms with Crippen LogP contribution in [0.5, 0.6) is 0 Å². The molecule has 0 fully saturated rings. The first kappa shape index (κ1) is 10.4. The molecular formula is C14H18O. The summed E-state index contributed by atoms with van der Waals surface area (Å²) in [6.07, 6.45) is 6.48. The lowest BCUT2D eigenvalue weighted by molar-refractivity contribution is 0.208. The van der Waals surface area contributed by atoms with Gasteiger partial charge in [-0.1, -0.05) is 35.9 Å². The molecule has 1 aliphatic carbocycles. The molecule has 1 unspecified atom stereocenters. The van der Waals surface area contributed by atoms with Crippen molar-refractivity contribution in [1.29, 1.82) is 0 Å². The number of aliphatic hydroxyl groups excluding tert-OH is 1. The van der Waals surface area contributed by atoms with Crippen LogP contribution in [0.25, 0.3) is 0 Å². The molecule has 1 aromatic rings. The Morgan fingerprint density at radius 3 is 2.80 bits per heavy atom. The minimum atomic E-state index is -0.384. The number of benzene rings is 1. The van der Waals surface area contributed by atoms with Crippen LogP contribution >= 0.6 is 0 Å². The summed E-state index contributed by atoms with van der Waals surface area (Å²) in [5.41, 5.74) is 3.44. The highest BCUT2D eigenvalue weighted by molar-refractivity contribution is 5.30. The van der Waals surface area contributed by atoms with Gasteiger partial charge in [0.05, 0.1) is 0 Å². The van der Waals surface area contributed by atoms with Gasteiger partial charge < -0.3 is 5.11 Å². The first-order chi connectivity index (χ1) is 7.27. The topological polar surface area (TPSA) is 20.2 Å². The third-order valence-electron chi connectivity index (χ3n) is 3.04. The Balaban J connectivity index is 2.19. The molecule has 0 saturated carbocycles. The van der Waals surface area contributed by atoms with E-state index in [1.807, 2.05) is 12.1 Å². The second kappa shape index (κ2) is 4.63. The smallest absolute Gasteiger partial charge is 0.100 e. The van der Waals surface area contributed by atoms with Crippen LogP contribution in [-0.2, 0) is 0 Å². The fourth-order valence-electron chi connectivity index (χ4n) is 2.17. The van der Waals surface area contributed by atoms with E-state index in [0.29, 0.717) is 0 Å². The van der Waals surface area contributed by atoms with Crippen molar-refractivity contribution in [2.45, 2.75) is 38.7 Å². The van der Waals surface area contributed by atoms with Crippen molar-refractivity contribution in [2.24, 2.45) is 0 Å². The van der Waals surface area contributed by atoms with Crippen molar-refractivity contribution in [3.63, 3.8) is 0 Å². The van der Waals surface area contributed by atoms with E-state index < -0.39 is 0 Å². The fraction of sp³-hybridized carbons (Fsp3) is 0.429. The van der Waals surface area contributed by atoms with Crippen LogP contribution in [-0.4, -0.2) is 5.11 Å². The molecule has 80 valence electrons. The van der Waals surface area contributed by atoms with Crippen molar-refractivity contribution in [1.82, 2.24) is 0 Å². The maximum Gasteiger partial charge on any atom is 0.100 e. The minimum absolute atomic E-state index is 0.384.